The molecule has 1 aromatic carbocycles. The van der Waals surface area contributed by atoms with Crippen LogP contribution < -0.4 is 4.90 Å². The summed E-state index contributed by atoms with van der Waals surface area (Å²) < 4.78 is 5.99. The van der Waals surface area contributed by atoms with Gasteiger partial charge in [0.25, 0.3) is 0 Å². The number of anilines is 1. The summed E-state index contributed by atoms with van der Waals surface area (Å²) in [6.07, 6.45) is 6.02. The fourth-order valence-electron chi connectivity index (χ4n) is 6.85. The van der Waals surface area contributed by atoms with Crippen LogP contribution in [0.25, 0.3) is 0 Å². The highest BCUT2D eigenvalue weighted by atomic mass is 16.6. The molecule has 1 aromatic rings. The highest BCUT2D eigenvalue weighted by Gasteiger charge is 2.53. The molecule has 2 saturated heterocycles. The van der Waals surface area contributed by atoms with E-state index in [1.165, 1.54) is 36.1 Å². The van der Waals surface area contributed by atoms with Crippen LogP contribution >= 0.6 is 0 Å². The number of esters is 1. The van der Waals surface area contributed by atoms with E-state index in [1.807, 2.05) is 0 Å². The van der Waals surface area contributed by atoms with Crippen LogP contribution in [0, 0.1) is 31.1 Å². The predicted octanol–water partition coefficient (Wildman–Crippen LogP) is 4.88. The molecule has 0 radical (unpaired) electrons. The number of hydrogen-bond acceptors (Lipinski definition) is 4. The Labute approximate surface area is 187 Å². The maximum Gasteiger partial charge on any atom is 0.310 e. The number of carbonyl (C=O) groups excluding carboxylic acids is 1. The Morgan fingerprint density at radius 1 is 1.13 bits per heavy atom. The summed E-state index contributed by atoms with van der Waals surface area (Å²) in [5, 5.41) is 0. The molecule has 4 atom stereocenters. The molecule has 4 aliphatic rings. The van der Waals surface area contributed by atoms with Gasteiger partial charge in [-0.3, -0.25) is 9.69 Å². The molecule has 3 fully saturated rings. The van der Waals surface area contributed by atoms with Crippen molar-refractivity contribution >= 4 is 11.7 Å². The number of fused-ring (bicyclic) bond motifs is 2. The Bertz CT molecular complexity index is 898. The number of hydrogen-bond donors (Lipinski definition) is 0. The molecule has 4 nitrogen and oxygen atoms in total. The van der Waals surface area contributed by atoms with Gasteiger partial charge in [0.2, 0.25) is 0 Å². The van der Waals surface area contributed by atoms with Gasteiger partial charge < -0.3 is 9.64 Å². The van der Waals surface area contributed by atoms with E-state index < -0.39 is 0 Å². The van der Waals surface area contributed by atoms with E-state index in [1.54, 1.807) is 11.1 Å². The van der Waals surface area contributed by atoms with Gasteiger partial charge in [0.05, 0.1) is 5.92 Å². The topological polar surface area (TPSA) is 32.8 Å². The zero-order valence-corrected chi connectivity index (χ0v) is 19.7. The average molecular weight is 423 g/mol. The molecular weight excluding hydrogens is 384 g/mol. The summed E-state index contributed by atoms with van der Waals surface area (Å²) in [6.45, 7) is 14.1. The van der Waals surface area contributed by atoms with E-state index in [-0.39, 0.29) is 23.4 Å². The van der Waals surface area contributed by atoms with Crippen molar-refractivity contribution in [1.29, 1.82) is 0 Å². The fourth-order valence-corrected chi connectivity index (χ4v) is 6.85. The molecule has 0 aromatic heterocycles. The SMILES string of the molecule is CC1=C2C[C@H]3[C@H](CN4CCN(c5cccc(C)c5C)CC4)C(=O)O[C@@H]3C[C@@]2(C)CCC1. The molecule has 0 spiro atoms. The number of aryl methyl sites for hydroxylation is 1. The lowest BCUT2D eigenvalue weighted by atomic mass is 9.59. The minimum Gasteiger partial charge on any atom is -0.462 e. The maximum absolute atomic E-state index is 12.9. The van der Waals surface area contributed by atoms with Crippen LogP contribution in [0.4, 0.5) is 5.69 Å². The lowest BCUT2D eigenvalue weighted by Crippen LogP contribution is -2.49. The van der Waals surface area contributed by atoms with Crippen molar-refractivity contribution < 1.29 is 9.53 Å². The van der Waals surface area contributed by atoms with Crippen molar-refractivity contribution in [1.82, 2.24) is 4.90 Å². The summed E-state index contributed by atoms with van der Waals surface area (Å²) >= 11 is 0. The second kappa shape index (κ2) is 7.95. The van der Waals surface area contributed by atoms with Gasteiger partial charge in [0.15, 0.2) is 0 Å². The normalized spacial score (nSPS) is 33.9. The molecule has 168 valence electrons. The first kappa shape index (κ1) is 21.1. The minimum absolute atomic E-state index is 0.0454. The van der Waals surface area contributed by atoms with Crippen LogP contribution in [0.3, 0.4) is 0 Å². The molecule has 0 N–H and O–H groups in total. The Balaban J connectivity index is 1.25. The number of ether oxygens (including phenoxy) is 1. The van der Waals surface area contributed by atoms with E-state index in [0.29, 0.717) is 5.92 Å². The zero-order chi connectivity index (χ0) is 21.8. The molecule has 1 saturated carbocycles. The van der Waals surface area contributed by atoms with Crippen LogP contribution in [0.5, 0.6) is 0 Å². The Morgan fingerprint density at radius 3 is 2.68 bits per heavy atom. The van der Waals surface area contributed by atoms with Gasteiger partial charge in [0.1, 0.15) is 6.10 Å². The van der Waals surface area contributed by atoms with E-state index in [9.17, 15) is 4.79 Å². The van der Waals surface area contributed by atoms with Gasteiger partial charge in [-0.15, -0.1) is 0 Å². The summed E-state index contributed by atoms with van der Waals surface area (Å²) in [6, 6.07) is 6.60. The number of carbonyl (C=O) groups is 1. The lowest BCUT2D eigenvalue weighted by molar-refractivity contribution is -0.145. The molecular formula is C27H38N2O2. The molecule has 2 aliphatic heterocycles. The third-order valence-corrected chi connectivity index (χ3v) is 8.92. The summed E-state index contributed by atoms with van der Waals surface area (Å²) in [5.74, 6) is 0.483. The average Bonchev–Trinajstić information content (AvgIpc) is 3.03. The van der Waals surface area contributed by atoms with Crippen LogP contribution in [0.2, 0.25) is 0 Å². The molecule has 5 rings (SSSR count). The lowest BCUT2D eigenvalue weighted by Gasteiger charge is -2.46. The first-order valence-electron chi connectivity index (χ1n) is 12.3. The third kappa shape index (κ3) is 3.71. The Kier molecular flexibility index (Phi) is 5.40. The van der Waals surface area contributed by atoms with Crippen molar-refractivity contribution in [2.45, 2.75) is 65.9 Å². The standard InChI is InChI=1S/C27H38N2O2/c1-18-7-5-9-24(20(18)3)29-13-11-28(12-14-29)17-22-21-15-23-19(2)8-6-10-27(23,4)16-25(21)31-26(22)30/h5,7,9,21-22,25H,6,8,10-17H2,1-4H3/t21-,22-,25+,27+/m0/s1. The molecule has 2 aliphatic carbocycles. The van der Waals surface area contributed by atoms with Gasteiger partial charge in [-0.2, -0.15) is 0 Å². The zero-order valence-electron chi connectivity index (χ0n) is 19.7. The van der Waals surface area contributed by atoms with Crippen molar-refractivity contribution in [2.24, 2.45) is 17.3 Å². The summed E-state index contributed by atoms with van der Waals surface area (Å²) in [4.78, 5) is 17.9. The van der Waals surface area contributed by atoms with E-state index in [2.05, 4.69) is 55.7 Å². The van der Waals surface area contributed by atoms with Crippen molar-refractivity contribution in [3.05, 3.63) is 40.5 Å². The predicted molar refractivity (Wildman–Crippen MR) is 125 cm³/mol. The highest BCUT2D eigenvalue weighted by Crippen LogP contribution is 2.55. The van der Waals surface area contributed by atoms with Crippen LogP contribution in [-0.2, 0) is 9.53 Å². The Morgan fingerprint density at radius 2 is 1.90 bits per heavy atom. The second-order valence-corrected chi connectivity index (χ2v) is 10.8. The van der Waals surface area contributed by atoms with Gasteiger partial charge in [0, 0.05) is 44.3 Å². The Hall–Kier alpha value is -1.81. The molecule has 0 unspecified atom stereocenters. The molecule has 2 heterocycles. The number of rotatable bonds is 3. The second-order valence-electron chi connectivity index (χ2n) is 10.8. The van der Waals surface area contributed by atoms with Gasteiger partial charge >= 0.3 is 5.97 Å². The number of nitrogens with zero attached hydrogens (tertiary/aromatic N) is 2. The number of allylic oxidation sites excluding steroid dienone is 2. The van der Waals surface area contributed by atoms with Crippen molar-refractivity contribution in [3.63, 3.8) is 0 Å². The smallest absolute Gasteiger partial charge is 0.310 e. The van der Waals surface area contributed by atoms with Crippen LogP contribution in [0.15, 0.2) is 29.3 Å². The quantitative estimate of drug-likeness (QED) is 0.513. The summed E-state index contributed by atoms with van der Waals surface area (Å²) in [7, 11) is 0. The minimum atomic E-state index is 0.0454. The van der Waals surface area contributed by atoms with E-state index >= 15 is 0 Å². The largest absolute Gasteiger partial charge is 0.462 e. The van der Waals surface area contributed by atoms with E-state index in [0.717, 1.165) is 45.6 Å². The first-order valence-corrected chi connectivity index (χ1v) is 12.3. The van der Waals surface area contributed by atoms with Crippen molar-refractivity contribution in [3.8, 4) is 0 Å². The summed E-state index contributed by atoms with van der Waals surface area (Å²) in [5.41, 5.74) is 7.62. The van der Waals surface area contributed by atoms with Crippen LogP contribution in [0.1, 0.15) is 57.1 Å². The van der Waals surface area contributed by atoms with Gasteiger partial charge in [-0.1, -0.05) is 30.2 Å². The van der Waals surface area contributed by atoms with Gasteiger partial charge in [-0.25, -0.2) is 0 Å². The van der Waals surface area contributed by atoms with E-state index in [4.69, 9.17) is 4.74 Å². The number of piperazine rings is 1. The van der Waals surface area contributed by atoms with Crippen molar-refractivity contribution in [2.75, 3.05) is 37.6 Å². The monoisotopic (exact) mass is 422 g/mol. The van der Waals surface area contributed by atoms with Crippen LogP contribution in [-0.4, -0.2) is 49.7 Å². The molecule has 0 bridgehead atoms. The van der Waals surface area contributed by atoms with Gasteiger partial charge in [-0.05, 0) is 75.5 Å². The number of benzene rings is 1. The first-order chi connectivity index (χ1) is 14.9. The molecule has 0 amide bonds. The maximum atomic E-state index is 12.9. The molecule has 31 heavy (non-hydrogen) atoms. The highest BCUT2D eigenvalue weighted by molar-refractivity contribution is 5.76. The molecule has 4 heteroatoms. The fraction of sp³-hybridized carbons (Fsp3) is 0.667. The third-order valence-electron chi connectivity index (χ3n) is 8.92.